The van der Waals surface area contributed by atoms with Crippen molar-refractivity contribution in [2.75, 3.05) is 11.9 Å². The monoisotopic (exact) mass is 229 g/mol. The molecule has 0 spiro atoms. The number of nitrogens with one attached hydrogen (secondary N) is 1. The zero-order chi connectivity index (χ0) is 10.1. The van der Waals surface area contributed by atoms with E-state index in [1.807, 2.05) is 0 Å². The summed E-state index contributed by atoms with van der Waals surface area (Å²) >= 11 is 11.7. The van der Waals surface area contributed by atoms with Crippen LogP contribution in [-0.2, 0) is 0 Å². The molecule has 1 aromatic rings. The average molecular weight is 230 g/mol. The molecule has 14 heavy (non-hydrogen) atoms. The smallest absolute Gasteiger partial charge is 0.165 e. The summed E-state index contributed by atoms with van der Waals surface area (Å²) in [6, 6.07) is 3.35. The molecule has 4 heteroatoms. The maximum absolute atomic E-state index is 11.6. The van der Waals surface area contributed by atoms with Gasteiger partial charge in [-0.15, -0.1) is 0 Å². The van der Waals surface area contributed by atoms with Crippen LogP contribution in [0.25, 0.3) is 0 Å². The van der Waals surface area contributed by atoms with E-state index in [1.165, 1.54) is 0 Å². The number of fused-ring (bicyclic) bond motifs is 1. The Hall–Kier alpha value is -0.730. The molecule has 0 bridgehead atoms. The first kappa shape index (κ1) is 9.81. The highest BCUT2D eigenvalue weighted by Crippen LogP contribution is 2.31. The number of hydrogen-bond acceptors (Lipinski definition) is 2. The number of carbonyl (C=O) groups is 1. The van der Waals surface area contributed by atoms with Crippen molar-refractivity contribution in [3.05, 3.63) is 27.7 Å². The van der Waals surface area contributed by atoms with Crippen molar-refractivity contribution in [1.29, 1.82) is 0 Å². The minimum atomic E-state index is 0.128. The Labute approximate surface area is 92.2 Å². The fourth-order valence-electron chi connectivity index (χ4n) is 1.53. The van der Waals surface area contributed by atoms with E-state index in [2.05, 4.69) is 5.32 Å². The molecular formula is C10H9Cl2NO. The highest BCUT2D eigenvalue weighted by molar-refractivity contribution is 6.42. The van der Waals surface area contributed by atoms with E-state index < -0.39 is 0 Å². The number of carbonyl (C=O) groups excluding carboxylic acids is 1. The van der Waals surface area contributed by atoms with Crippen LogP contribution in [0.5, 0.6) is 0 Å². The first-order valence-corrected chi connectivity index (χ1v) is 5.20. The summed E-state index contributed by atoms with van der Waals surface area (Å²) in [6.45, 7) is 0.802. The predicted molar refractivity (Wildman–Crippen MR) is 58.5 cm³/mol. The molecule has 1 heterocycles. The van der Waals surface area contributed by atoms with Crippen LogP contribution >= 0.6 is 23.2 Å². The van der Waals surface area contributed by atoms with Crippen LogP contribution in [0.4, 0.5) is 5.69 Å². The highest BCUT2D eigenvalue weighted by atomic mass is 35.5. The second-order valence-electron chi connectivity index (χ2n) is 3.27. The van der Waals surface area contributed by atoms with Gasteiger partial charge in [0.05, 0.1) is 10.0 Å². The van der Waals surface area contributed by atoms with Gasteiger partial charge in [-0.25, -0.2) is 0 Å². The van der Waals surface area contributed by atoms with Crippen molar-refractivity contribution >= 4 is 34.7 Å². The minimum absolute atomic E-state index is 0.128. The van der Waals surface area contributed by atoms with Crippen LogP contribution in [0.1, 0.15) is 23.2 Å². The number of rotatable bonds is 0. The lowest BCUT2D eigenvalue weighted by molar-refractivity contribution is 0.0984. The Morgan fingerprint density at radius 2 is 1.93 bits per heavy atom. The van der Waals surface area contributed by atoms with Crippen LogP contribution in [0.2, 0.25) is 10.0 Å². The zero-order valence-corrected chi connectivity index (χ0v) is 8.95. The van der Waals surface area contributed by atoms with E-state index in [4.69, 9.17) is 23.2 Å². The molecule has 0 saturated heterocycles. The molecular weight excluding hydrogens is 221 g/mol. The van der Waals surface area contributed by atoms with E-state index in [0.717, 1.165) is 18.7 Å². The predicted octanol–water partition coefficient (Wildman–Crippen LogP) is 3.38. The second kappa shape index (κ2) is 3.79. The number of halogens is 2. The van der Waals surface area contributed by atoms with Gasteiger partial charge >= 0.3 is 0 Å². The molecule has 2 nitrogen and oxygen atoms in total. The van der Waals surface area contributed by atoms with Gasteiger partial charge in [-0.2, -0.15) is 0 Å². The SMILES string of the molecule is O=C1CCCNc2cc(Cl)c(Cl)cc21. The Balaban J connectivity index is 2.54. The summed E-state index contributed by atoms with van der Waals surface area (Å²) in [5.74, 6) is 0.128. The molecule has 0 atom stereocenters. The molecule has 0 radical (unpaired) electrons. The fraction of sp³-hybridized carbons (Fsp3) is 0.300. The van der Waals surface area contributed by atoms with Gasteiger partial charge in [0.15, 0.2) is 5.78 Å². The van der Waals surface area contributed by atoms with Crippen molar-refractivity contribution in [2.24, 2.45) is 0 Å². The summed E-state index contributed by atoms with van der Waals surface area (Å²) in [5, 5.41) is 4.07. The van der Waals surface area contributed by atoms with Gasteiger partial charge in [0, 0.05) is 24.2 Å². The first-order chi connectivity index (χ1) is 6.68. The van der Waals surface area contributed by atoms with Crippen molar-refractivity contribution in [2.45, 2.75) is 12.8 Å². The minimum Gasteiger partial charge on any atom is -0.384 e. The molecule has 74 valence electrons. The third-order valence-electron chi connectivity index (χ3n) is 2.26. The van der Waals surface area contributed by atoms with Gasteiger partial charge in [0.1, 0.15) is 0 Å². The molecule has 0 aromatic heterocycles. The topological polar surface area (TPSA) is 29.1 Å². The second-order valence-corrected chi connectivity index (χ2v) is 4.08. The van der Waals surface area contributed by atoms with Gasteiger partial charge in [-0.3, -0.25) is 4.79 Å². The summed E-state index contributed by atoms with van der Waals surface area (Å²) in [6.07, 6.45) is 1.42. The van der Waals surface area contributed by atoms with Gasteiger partial charge in [-0.1, -0.05) is 23.2 Å². The van der Waals surface area contributed by atoms with Gasteiger partial charge in [0.2, 0.25) is 0 Å². The fourth-order valence-corrected chi connectivity index (χ4v) is 1.86. The Morgan fingerprint density at radius 1 is 1.21 bits per heavy atom. The maximum atomic E-state index is 11.6. The third-order valence-corrected chi connectivity index (χ3v) is 2.98. The molecule has 1 aliphatic rings. The summed E-state index contributed by atoms with van der Waals surface area (Å²) in [7, 11) is 0. The Kier molecular flexibility index (Phi) is 2.66. The normalized spacial score (nSPS) is 15.7. The highest BCUT2D eigenvalue weighted by Gasteiger charge is 2.16. The van der Waals surface area contributed by atoms with Crippen molar-refractivity contribution < 1.29 is 4.79 Å². The van der Waals surface area contributed by atoms with Crippen molar-refractivity contribution in [3.8, 4) is 0 Å². The van der Waals surface area contributed by atoms with E-state index >= 15 is 0 Å². The molecule has 1 aromatic carbocycles. The Morgan fingerprint density at radius 3 is 2.71 bits per heavy atom. The zero-order valence-electron chi connectivity index (χ0n) is 7.44. The largest absolute Gasteiger partial charge is 0.384 e. The van der Waals surface area contributed by atoms with E-state index in [0.29, 0.717) is 22.0 Å². The molecule has 0 unspecified atom stereocenters. The summed E-state index contributed by atoms with van der Waals surface area (Å²) < 4.78 is 0. The quantitative estimate of drug-likeness (QED) is 0.740. The van der Waals surface area contributed by atoms with Crippen LogP contribution in [-0.4, -0.2) is 12.3 Å². The molecule has 2 rings (SSSR count). The number of benzene rings is 1. The number of ketones is 1. The molecule has 0 aliphatic carbocycles. The number of anilines is 1. The van der Waals surface area contributed by atoms with E-state index in [9.17, 15) is 4.79 Å². The lowest BCUT2D eigenvalue weighted by atomic mass is 10.1. The molecule has 0 amide bonds. The van der Waals surface area contributed by atoms with Gasteiger partial charge < -0.3 is 5.32 Å². The average Bonchev–Trinajstić information content (AvgIpc) is 2.31. The molecule has 0 fully saturated rings. The van der Waals surface area contributed by atoms with E-state index in [-0.39, 0.29) is 5.78 Å². The molecule has 1 aliphatic heterocycles. The van der Waals surface area contributed by atoms with Crippen LogP contribution < -0.4 is 5.32 Å². The van der Waals surface area contributed by atoms with Crippen LogP contribution in [0.15, 0.2) is 12.1 Å². The van der Waals surface area contributed by atoms with Crippen molar-refractivity contribution in [3.63, 3.8) is 0 Å². The number of Topliss-reactive ketones (excluding diaryl/α,β-unsaturated/α-hetero) is 1. The van der Waals surface area contributed by atoms with Crippen molar-refractivity contribution in [1.82, 2.24) is 0 Å². The number of hydrogen-bond donors (Lipinski definition) is 1. The maximum Gasteiger partial charge on any atom is 0.165 e. The van der Waals surface area contributed by atoms with E-state index in [1.54, 1.807) is 12.1 Å². The lowest BCUT2D eigenvalue weighted by Gasteiger charge is -2.07. The standard InChI is InChI=1S/C10H9Cl2NO/c11-7-4-6-9(5-8(7)12)13-3-1-2-10(6)14/h4-5,13H,1-3H2. The van der Waals surface area contributed by atoms with Crippen LogP contribution in [0, 0.1) is 0 Å². The lowest BCUT2D eigenvalue weighted by Crippen LogP contribution is -2.00. The summed E-state index contributed by atoms with van der Waals surface area (Å²) in [4.78, 5) is 11.6. The van der Waals surface area contributed by atoms with Gasteiger partial charge in [0.25, 0.3) is 0 Å². The summed E-state index contributed by atoms with van der Waals surface area (Å²) in [5.41, 5.74) is 1.44. The molecule has 1 N–H and O–H groups in total. The van der Waals surface area contributed by atoms with Crippen LogP contribution in [0.3, 0.4) is 0 Å². The third kappa shape index (κ3) is 1.72. The Bertz CT molecular complexity index is 390. The molecule has 0 saturated carbocycles. The first-order valence-electron chi connectivity index (χ1n) is 4.44. The van der Waals surface area contributed by atoms with Gasteiger partial charge in [-0.05, 0) is 18.6 Å².